The number of H-pyrrole nitrogens is 1. The number of non-ortho nitro benzene ring substituents is 2. The first-order chi connectivity index (χ1) is 11.9. The number of ether oxygens (including phenoxy) is 2. The van der Waals surface area contributed by atoms with Gasteiger partial charge in [-0.1, -0.05) is 0 Å². The quantitative estimate of drug-likeness (QED) is 0.516. The van der Waals surface area contributed by atoms with Crippen molar-refractivity contribution in [3.63, 3.8) is 0 Å². The molecule has 0 aliphatic carbocycles. The Kier molecular flexibility index (Phi) is 3.35. The lowest BCUT2D eigenvalue weighted by atomic mass is 10.1. The number of nitrogens with one attached hydrogen (secondary N) is 1. The summed E-state index contributed by atoms with van der Waals surface area (Å²) in [5, 5.41) is 22.6. The summed E-state index contributed by atoms with van der Waals surface area (Å²) in [6.45, 7) is 0.121. The zero-order valence-corrected chi connectivity index (χ0v) is 13.9. The van der Waals surface area contributed by atoms with Gasteiger partial charge in [0.25, 0.3) is 11.4 Å². The van der Waals surface area contributed by atoms with E-state index in [1.807, 2.05) is 0 Å². The zero-order valence-electron chi connectivity index (χ0n) is 12.3. The van der Waals surface area contributed by atoms with Crippen molar-refractivity contribution < 1.29 is 19.3 Å². The van der Waals surface area contributed by atoms with Crippen LogP contribution in [0.25, 0.3) is 22.2 Å². The molecule has 1 aliphatic heterocycles. The number of nitro benzene ring substituents is 2. The minimum absolute atomic E-state index is 0.121. The van der Waals surface area contributed by atoms with Gasteiger partial charge in [-0.15, -0.1) is 0 Å². The molecule has 0 bridgehead atoms. The highest BCUT2D eigenvalue weighted by atomic mass is 79.9. The fourth-order valence-corrected chi connectivity index (χ4v) is 3.26. The molecule has 10 heteroatoms. The van der Waals surface area contributed by atoms with Crippen molar-refractivity contribution >= 4 is 38.2 Å². The van der Waals surface area contributed by atoms with Gasteiger partial charge in [0, 0.05) is 21.8 Å². The molecule has 1 aliphatic rings. The second kappa shape index (κ2) is 5.45. The van der Waals surface area contributed by atoms with E-state index in [2.05, 4.69) is 20.9 Å². The molecular weight excluding hydrogens is 398 g/mol. The first-order valence-corrected chi connectivity index (χ1v) is 7.78. The van der Waals surface area contributed by atoms with Crippen molar-refractivity contribution in [3.05, 3.63) is 55.0 Å². The van der Waals surface area contributed by atoms with Crippen LogP contribution in [-0.2, 0) is 0 Å². The summed E-state index contributed by atoms with van der Waals surface area (Å²) in [5.74, 6) is 1.14. The Morgan fingerprint density at radius 1 is 1.00 bits per heavy atom. The fraction of sp³-hybridized carbons (Fsp3) is 0.0667. The number of hydrogen-bond donors (Lipinski definition) is 1. The van der Waals surface area contributed by atoms with Crippen LogP contribution >= 0.6 is 15.9 Å². The van der Waals surface area contributed by atoms with Crippen molar-refractivity contribution in [2.45, 2.75) is 0 Å². The van der Waals surface area contributed by atoms with Crippen LogP contribution in [0.5, 0.6) is 11.5 Å². The van der Waals surface area contributed by atoms with Crippen LogP contribution in [0.2, 0.25) is 0 Å². The first-order valence-electron chi connectivity index (χ1n) is 6.99. The standard InChI is InChI=1S/C15H8BrN3O6/c16-10-5-15-14(24-6-25-15)4-8(10)12-3-9-11(17-12)1-7(18(20)21)2-13(9)19(22)23/h1-5,17H,6H2. The molecule has 0 atom stereocenters. The molecule has 2 aromatic carbocycles. The Hall–Kier alpha value is -3.14. The van der Waals surface area contributed by atoms with Gasteiger partial charge in [-0.05, 0) is 34.1 Å². The molecule has 0 saturated heterocycles. The summed E-state index contributed by atoms with van der Waals surface area (Å²) in [5.41, 5.74) is 0.877. The Bertz CT molecular complexity index is 1060. The number of fused-ring (bicyclic) bond motifs is 2. The molecule has 2 heterocycles. The van der Waals surface area contributed by atoms with Gasteiger partial charge in [-0.2, -0.15) is 0 Å². The van der Waals surface area contributed by atoms with Gasteiger partial charge in [0.2, 0.25) is 6.79 Å². The number of nitro groups is 2. The maximum atomic E-state index is 11.3. The summed E-state index contributed by atoms with van der Waals surface area (Å²) < 4.78 is 11.3. The Morgan fingerprint density at radius 2 is 1.72 bits per heavy atom. The minimum atomic E-state index is -0.663. The predicted octanol–water partition coefficient (Wildman–Crippen LogP) is 4.14. The minimum Gasteiger partial charge on any atom is -0.454 e. The lowest BCUT2D eigenvalue weighted by molar-refractivity contribution is -0.393. The highest BCUT2D eigenvalue weighted by Crippen LogP contribution is 2.42. The number of hydrogen-bond acceptors (Lipinski definition) is 6. The second-order valence-electron chi connectivity index (χ2n) is 5.31. The predicted molar refractivity (Wildman–Crippen MR) is 90.9 cm³/mol. The summed E-state index contributed by atoms with van der Waals surface area (Å²) in [6.07, 6.45) is 0. The molecule has 1 N–H and O–H groups in total. The third-order valence-electron chi connectivity index (χ3n) is 3.86. The smallest absolute Gasteiger partial charge is 0.285 e. The van der Waals surface area contributed by atoms with E-state index >= 15 is 0 Å². The maximum absolute atomic E-state index is 11.3. The van der Waals surface area contributed by atoms with Crippen molar-refractivity contribution in [2.24, 2.45) is 0 Å². The highest BCUT2D eigenvalue weighted by Gasteiger charge is 2.23. The largest absolute Gasteiger partial charge is 0.454 e. The molecule has 0 unspecified atom stereocenters. The average molecular weight is 406 g/mol. The van der Waals surface area contributed by atoms with E-state index in [0.29, 0.717) is 32.7 Å². The van der Waals surface area contributed by atoms with Crippen LogP contribution in [0.3, 0.4) is 0 Å². The number of aromatic amines is 1. The molecule has 4 rings (SSSR count). The molecular formula is C15H8BrN3O6. The van der Waals surface area contributed by atoms with E-state index in [1.54, 1.807) is 18.2 Å². The lowest BCUT2D eigenvalue weighted by Crippen LogP contribution is -1.93. The van der Waals surface area contributed by atoms with E-state index < -0.39 is 9.85 Å². The van der Waals surface area contributed by atoms with Crippen LogP contribution in [0, 0.1) is 20.2 Å². The third-order valence-corrected chi connectivity index (χ3v) is 4.52. The summed E-state index contributed by atoms with van der Waals surface area (Å²) >= 11 is 3.43. The molecule has 9 nitrogen and oxygen atoms in total. The summed E-state index contributed by atoms with van der Waals surface area (Å²) in [7, 11) is 0. The average Bonchev–Trinajstić information content (AvgIpc) is 3.18. The monoisotopic (exact) mass is 405 g/mol. The van der Waals surface area contributed by atoms with Gasteiger partial charge < -0.3 is 14.5 Å². The molecule has 3 aromatic rings. The SMILES string of the molecule is O=[N+]([O-])c1cc([N+](=O)[O-])c2cc(-c3cc4c(cc3Br)OCO4)[nH]c2c1. The molecule has 0 amide bonds. The Balaban J connectivity index is 1.94. The maximum Gasteiger partial charge on any atom is 0.285 e. The fourth-order valence-electron chi connectivity index (χ4n) is 2.73. The molecule has 126 valence electrons. The van der Waals surface area contributed by atoms with Crippen LogP contribution < -0.4 is 9.47 Å². The topological polar surface area (TPSA) is 121 Å². The summed E-state index contributed by atoms with van der Waals surface area (Å²) in [6, 6.07) is 7.28. The number of aromatic nitrogens is 1. The molecule has 0 saturated carbocycles. The summed E-state index contributed by atoms with van der Waals surface area (Å²) in [4.78, 5) is 24.0. The van der Waals surface area contributed by atoms with Gasteiger partial charge in [-0.25, -0.2) is 0 Å². The zero-order chi connectivity index (χ0) is 17.7. The van der Waals surface area contributed by atoms with Gasteiger partial charge in [0.05, 0.1) is 26.8 Å². The van der Waals surface area contributed by atoms with Crippen molar-refractivity contribution in [3.8, 4) is 22.8 Å². The van der Waals surface area contributed by atoms with Crippen LogP contribution in [0.4, 0.5) is 11.4 Å². The van der Waals surface area contributed by atoms with E-state index in [1.165, 1.54) is 6.07 Å². The molecule has 1 aromatic heterocycles. The van der Waals surface area contributed by atoms with Crippen LogP contribution in [0.1, 0.15) is 0 Å². The first kappa shape index (κ1) is 15.4. The van der Waals surface area contributed by atoms with Crippen LogP contribution in [-0.4, -0.2) is 21.6 Å². The van der Waals surface area contributed by atoms with Crippen molar-refractivity contribution in [1.82, 2.24) is 4.98 Å². The van der Waals surface area contributed by atoms with E-state index in [9.17, 15) is 20.2 Å². The van der Waals surface area contributed by atoms with Crippen molar-refractivity contribution in [2.75, 3.05) is 6.79 Å². The van der Waals surface area contributed by atoms with E-state index in [0.717, 1.165) is 6.07 Å². The van der Waals surface area contributed by atoms with E-state index in [4.69, 9.17) is 9.47 Å². The van der Waals surface area contributed by atoms with E-state index in [-0.39, 0.29) is 23.6 Å². The molecule has 0 spiro atoms. The third kappa shape index (κ3) is 2.47. The Morgan fingerprint density at radius 3 is 2.40 bits per heavy atom. The van der Waals surface area contributed by atoms with Gasteiger partial charge in [0.1, 0.15) is 0 Å². The van der Waals surface area contributed by atoms with Gasteiger partial charge in [0.15, 0.2) is 11.5 Å². The normalized spacial score (nSPS) is 12.5. The number of halogens is 1. The van der Waals surface area contributed by atoms with Gasteiger partial charge >= 0.3 is 0 Å². The molecule has 25 heavy (non-hydrogen) atoms. The second-order valence-corrected chi connectivity index (χ2v) is 6.16. The Labute approximate surface area is 147 Å². The number of rotatable bonds is 3. The lowest BCUT2D eigenvalue weighted by Gasteiger charge is -2.04. The highest BCUT2D eigenvalue weighted by molar-refractivity contribution is 9.10. The molecule has 0 fully saturated rings. The number of nitrogens with zero attached hydrogens (tertiary/aromatic N) is 2. The molecule has 0 radical (unpaired) electrons. The van der Waals surface area contributed by atoms with Crippen LogP contribution in [0.15, 0.2) is 34.8 Å². The number of benzene rings is 2. The van der Waals surface area contributed by atoms with Gasteiger partial charge in [-0.3, -0.25) is 20.2 Å². The van der Waals surface area contributed by atoms with Crippen molar-refractivity contribution in [1.29, 1.82) is 0 Å².